The Hall–Kier alpha value is -1.09. The third-order valence-electron chi connectivity index (χ3n) is 3.14. The van der Waals surface area contributed by atoms with Crippen LogP contribution in [0.1, 0.15) is 37.7 Å². The van der Waals surface area contributed by atoms with Crippen LogP contribution < -0.4 is 5.73 Å². The molecule has 3 heteroatoms. The number of nitrogen functional groups attached to an aromatic ring is 1. The Kier molecular flexibility index (Phi) is 3.78. The van der Waals surface area contributed by atoms with Crippen molar-refractivity contribution in [2.45, 2.75) is 44.8 Å². The van der Waals surface area contributed by atoms with Crippen LogP contribution in [0, 0.1) is 5.82 Å². The Bertz CT molecular complexity index is 348. The van der Waals surface area contributed by atoms with Gasteiger partial charge in [0.05, 0.1) is 18.4 Å². The van der Waals surface area contributed by atoms with Crippen LogP contribution >= 0.6 is 0 Å². The van der Waals surface area contributed by atoms with Crippen molar-refractivity contribution in [2.24, 2.45) is 0 Å². The Morgan fingerprint density at radius 2 is 2.00 bits per heavy atom. The Balaban J connectivity index is 1.91. The summed E-state index contributed by atoms with van der Waals surface area (Å²) in [6, 6.07) is 5.06. The van der Waals surface area contributed by atoms with Gasteiger partial charge in [0.1, 0.15) is 0 Å². The molecule has 1 fully saturated rings. The highest BCUT2D eigenvalue weighted by atomic mass is 19.1. The molecule has 0 spiro atoms. The number of anilines is 1. The quantitative estimate of drug-likeness (QED) is 0.798. The maximum absolute atomic E-state index is 13.6. The van der Waals surface area contributed by atoms with Crippen LogP contribution in [-0.2, 0) is 11.3 Å². The van der Waals surface area contributed by atoms with Crippen LogP contribution in [0.2, 0.25) is 0 Å². The summed E-state index contributed by atoms with van der Waals surface area (Å²) in [5, 5.41) is 0. The molecule has 1 aromatic rings. The SMILES string of the molecule is Nc1cccc(COC2CCCCC2)c1F. The molecule has 2 nitrogen and oxygen atoms in total. The molecule has 0 bridgehead atoms. The fourth-order valence-corrected chi connectivity index (χ4v) is 2.15. The van der Waals surface area contributed by atoms with E-state index in [9.17, 15) is 4.39 Å². The number of benzene rings is 1. The lowest BCUT2D eigenvalue weighted by molar-refractivity contribution is 0.0156. The van der Waals surface area contributed by atoms with Crippen molar-refractivity contribution in [3.63, 3.8) is 0 Å². The van der Waals surface area contributed by atoms with E-state index in [4.69, 9.17) is 10.5 Å². The molecule has 1 saturated carbocycles. The third kappa shape index (κ3) is 2.73. The van der Waals surface area contributed by atoms with Crippen LogP contribution in [0.3, 0.4) is 0 Å². The Morgan fingerprint density at radius 1 is 1.25 bits per heavy atom. The first-order valence-corrected chi connectivity index (χ1v) is 5.92. The summed E-state index contributed by atoms with van der Waals surface area (Å²) < 4.78 is 19.3. The number of hydrogen-bond acceptors (Lipinski definition) is 2. The van der Waals surface area contributed by atoms with E-state index in [0.717, 1.165) is 12.8 Å². The summed E-state index contributed by atoms with van der Waals surface area (Å²) in [5.41, 5.74) is 6.26. The molecule has 1 aliphatic rings. The minimum atomic E-state index is -0.335. The summed E-state index contributed by atoms with van der Waals surface area (Å²) in [7, 11) is 0. The van der Waals surface area contributed by atoms with Gasteiger partial charge in [0.2, 0.25) is 0 Å². The minimum absolute atomic E-state index is 0.199. The highest BCUT2D eigenvalue weighted by molar-refractivity contribution is 5.42. The summed E-state index contributed by atoms with van der Waals surface area (Å²) in [4.78, 5) is 0. The first-order valence-electron chi connectivity index (χ1n) is 5.92. The number of hydrogen-bond donors (Lipinski definition) is 1. The lowest BCUT2D eigenvalue weighted by Crippen LogP contribution is -2.16. The molecule has 1 aromatic carbocycles. The van der Waals surface area contributed by atoms with Crippen LogP contribution in [0.25, 0.3) is 0 Å². The van der Waals surface area contributed by atoms with E-state index in [-0.39, 0.29) is 11.5 Å². The first kappa shape index (κ1) is 11.4. The van der Waals surface area contributed by atoms with E-state index in [1.165, 1.54) is 19.3 Å². The summed E-state index contributed by atoms with van der Waals surface area (Å²) in [6.45, 7) is 0.335. The highest BCUT2D eigenvalue weighted by Crippen LogP contribution is 2.22. The Morgan fingerprint density at radius 3 is 2.75 bits per heavy atom. The smallest absolute Gasteiger partial charge is 0.151 e. The fourth-order valence-electron chi connectivity index (χ4n) is 2.15. The molecule has 2 N–H and O–H groups in total. The van der Waals surface area contributed by atoms with Gasteiger partial charge in [-0.05, 0) is 18.9 Å². The first-order chi connectivity index (χ1) is 7.77. The molecule has 0 radical (unpaired) electrons. The predicted molar refractivity (Wildman–Crippen MR) is 62.5 cm³/mol. The monoisotopic (exact) mass is 223 g/mol. The van der Waals surface area contributed by atoms with Crippen LogP contribution in [-0.4, -0.2) is 6.10 Å². The van der Waals surface area contributed by atoms with Gasteiger partial charge < -0.3 is 10.5 Å². The average Bonchev–Trinajstić information content (AvgIpc) is 2.32. The van der Waals surface area contributed by atoms with E-state index in [1.54, 1.807) is 18.2 Å². The molecule has 0 unspecified atom stereocenters. The van der Waals surface area contributed by atoms with Gasteiger partial charge in [-0.25, -0.2) is 4.39 Å². The molecule has 88 valence electrons. The van der Waals surface area contributed by atoms with Gasteiger partial charge in [-0.2, -0.15) is 0 Å². The van der Waals surface area contributed by atoms with E-state index < -0.39 is 0 Å². The van der Waals surface area contributed by atoms with Gasteiger partial charge in [0.15, 0.2) is 5.82 Å². The van der Waals surface area contributed by atoms with Crippen molar-refractivity contribution in [3.8, 4) is 0 Å². The zero-order valence-corrected chi connectivity index (χ0v) is 9.42. The lowest BCUT2D eigenvalue weighted by atomic mass is 9.98. The fraction of sp³-hybridized carbons (Fsp3) is 0.538. The largest absolute Gasteiger partial charge is 0.396 e. The van der Waals surface area contributed by atoms with Crippen molar-refractivity contribution in [3.05, 3.63) is 29.6 Å². The maximum atomic E-state index is 13.6. The van der Waals surface area contributed by atoms with Gasteiger partial charge in [-0.3, -0.25) is 0 Å². The third-order valence-corrected chi connectivity index (χ3v) is 3.14. The molecule has 16 heavy (non-hydrogen) atoms. The molecule has 1 aliphatic carbocycles. The zero-order chi connectivity index (χ0) is 11.4. The standard InChI is InChI=1S/C13H18FNO/c14-13-10(5-4-8-12(13)15)9-16-11-6-2-1-3-7-11/h4-5,8,11H,1-3,6-7,9,15H2. The molecule has 0 saturated heterocycles. The molecule has 0 aliphatic heterocycles. The van der Waals surface area contributed by atoms with Gasteiger partial charge in [0.25, 0.3) is 0 Å². The van der Waals surface area contributed by atoms with Gasteiger partial charge in [0, 0.05) is 5.56 Å². The van der Waals surface area contributed by atoms with E-state index >= 15 is 0 Å². The molecule has 2 rings (SSSR count). The van der Waals surface area contributed by atoms with Crippen molar-refractivity contribution < 1.29 is 9.13 Å². The second kappa shape index (κ2) is 5.30. The molecule has 0 atom stereocenters. The number of halogens is 1. The van der Waals surface area contributed by atoms with Crippen molar-refractivity contribution in [1.29, 1.82) is 0 Å². The minimum Gasteiger partial charge on any atom is -0.396 e. The van der Waals surface area contributed by atoms with E-state index in [0.29, 0.717) is 18.3 Å². The average molecular weight is 223 g/mol. The molecule has 0 aromatic heterocycles. The summed E-state index contributed by atoms with van der Waals surface area (Å²) in [6.07, 6.45) is 6.25. The number of nitrogens with two attached hydrogens (primary N) is 1. The summed E-state index contributed by atoms with van der Waals surface area (Å²) >= 11 is 0. The molecule has 0 amide bonds. The Labute approximate surface area is 95.6 Å². The second-order valence-electron chi connectivity index (χ2n) is 4.39. The summed E-state index contributed by atoms with van der Waals surface area (Å²) in [5.74, 6) is -0.335. The van der Waals surface area contributed by atoms with E-state index in [2.05, 4.69) is 0 Å². The maximum Gasteiger partial charge on any atom is 0.151 e. The molecular formula is C13H18FNO. The lowest BCUT2D eigenvalue weighted by Gasteiger charge is -2.22. The highest BCUT2D eigenvalue weighted by Gasteiger charge is 2.14. The van der Waals surface area contributed by atoms with Crippen molar-refractivity contribution >= 4 is 5.69 Å². The predicted octanol–water partition coefficient (Wildman–Crippen LogP) is 3.26. The van der Waals surface area contributed by atoms with Crippen LogP contribution in [0.4, 0.5) is 10.1 Å². The molecule has 0 heterocycles. The van der Waals surface area contributed by atoms with Gasteiger partial charge >= 0.3 is 0 Å². The zero-order valence-electron chi connectivity index (χ0n) is 9.42. The van der Waals surface area contributed by atoms with Gasteiger partial charge in [-0.1, -0.05) is 31.4 Å². The normalized spacial score (nSPS) is 17.6. The van der Waals surface area contributed by atoms with Crippen LogP contribution in [0.5, 0.6) is 0 Å². The van der Waals surface area contributed by atoms with Crippen molar-refractivity contribution in [1.82, 2.24) is 0 Å². The van der Waals surface area contributed by atoms with Gasteiger partial charge in [-0.15, -0.1) is 0 Å². The second-order valence-corrected chi connectivity index (χ2v) is 4.39. The van der Waals surface area contributed by atoms with Crippen LogP contribution in [0.15, 0.2) is 18.2 Å². The van der Waals surface area contributed by atoms with E-state index in [1.807, 2.05) is 0 Å². The van der Waals surface area contributed by atoms with Crippen molar-refractivity contribution in [2.75, 3.05) is 5.73 Å². The molecular weight excluding hydrogens is 205 g/mol. The topological polar surface area (TPSA) is 35.2 Å². The number of rotatable bonds is 3. The number of ether oxygens (including phenoxy) is 1.